The molecule has 1 N–H and O–H groups in total. The van der Waals surface area contributed by atoms with Crippen LogP contribution in [0, 0.1) is 4.77 Å². The number of H-pyrrole nitrogens is 1. The lowest BCUT2D eigenvalue weighted by Crippen LogP contribution is -2.35. The van der Waals surface area contributed by atoms with Crippen LogP contribution in [0.3, 0.4) is 0 Å². The molecule has 100 valence electrons. The summed E-state index contributed by atoms with van der Waals surface area (Å²) in [4.78, 5) is 2.57. The van der Waals surface area contributed by atoms with Gasteiger partial charge < -0.3 is 9.47 Å². The van der Waals surface area contributed by atoms with Crippen LogP contribution >= 0.6 is 12.2 Å². The maximum Gasteiger partial charge on any atom is 0.195 e. The van der Waals surface area contributed by atoms with Gasteiger partial charge >= 0.3 is 0 Å². The van der Waals surface area contributed by atoms with Crippen molar-refractivity contribution in [3.05, 3.63) is 10.6 Å². The summed E-state index contributed by atoms with van der Waals surface area (Å²) in [6.07, 6.45) is 6.26. The van der Waals surface area contributed by atoms with E-state index in [9.17, 15) is 0 Å². The fourth-order valence-corrected chi connectivity index (χ4v) is 3.30. The number of nitrogens with zero attached hydrogens (tertiary/aromatic N) is 3. The van der Waals surface area contributed by atoms with Crippen LogP contribution < -0.4 is 0 Å². The molecule has 1 saturated carbocycles. The fraction of sp³-hybridized carbons (Fsp3) is 0.846. The minimum Gasteiger partial charge on any atom is -0.303 e. The van der Waals surface area contributed by atoms with Crippen molar-refractivity contribution in [3.63, 3.8) is 0 Å². The van der Waals surface area contributed by atoms with Crippen LogP contribution in [0.2, 0.25) is 0 Å². The van der Waals surface area contributed by atoms with Gasteiger partial charge in [-0.15, -0.1) is 0 Å². The van der Waals surface area contributed by atoms with E-state index in [1.54, 1.807) is 0 Å². The van der Waals surface area contributed by atoms with Gasteiger partial charge in [0, 0.05) is 25.0 Å². The zero-order valence-corrected chi connectivity index (χ0v) is 11.9. The monoisotopic (exact) mass is 266 g/mol. The van der Waals surface area contributed by atoms with Gasteiger partial charge in [-0.3, -0.25) is 5.10 Å². The van der Waals surface area contributed by atoms with E-state index in [4.69, 9.17) is 12.2 Å². The highest BCUT2D eigenvalue weighted by Gasteiger charge is 2.32. The second-order valence-electron chi connectivity index (χ2n) is 5.60. The van der Waals surface area contributed by atoms with Gasteiger partial charge in [0.25, 0.3) is 0 Å². The summed E-state index contributed by atoms with van der Waals surface area (Å²) < 4.78 is 3.14. The maximum absolute atomic E-state index is 5.41. The lowest BCUT2D eigenvalue weighted by atomic mass is 10.0. The van der Waals surface area contributed by atoms with Crippen molar-refractivity contribution in [1.82, 2.24) is 19.7 Å². The van der Waals surface area contributed by atoms with E-state index in [0.29, 0.717) is 12.0 Å². The molecule has 4 nitrogen and oxygen atoms in total. The molecule has 0 amide bonds. The van der Waals surface area contributed by atoms with E-state index >= 15 is 0 Å². The first-order valence-corrected chi connectivity index (χ1v) is 7.59. The number of nitrogens with one attached hydrogen (secondary N) is 1. The third kappa shape index (κ3) is 2.38. The van der Waals surface area contributed by atoms with E-state index in [1.165, 1.54) is 57.6 Å². The van der Waals surface area contributed by atoms with E-state index in [1.807, 2.05) is 0 Å². The molecule has 0 unspecified atom stereocenters. The number of likely N-dealkylation sites (tertiary alicyclic amines) is 1. The summed E-state index contributed by atoms with van der Waals surface area (Å²) in [5.74, 6) is 1.89. The van der Waals surface area contributed by atoms with Gasteiger partial charge in [0.15, 0.2) is 4.77 Å². The molecule has 1 saturated heterocycles. The first-order valence-electron chi connectivity index (χ1n) is 7.18. The largest absolute Gasteiger partial charge is 0.303 e. The highest BCUT2D eigenvalue weighted by Crippen LogP contribution is 2.40. The molecule has 2 heterocycles. The highest BCUT2D eigenvalue weighted by molar-refractivity contribution is 7.71. The second kappa shape index (κ2) is 5.13. The minimum absolute atomic E-state index is 0.569. The lowest BCUT2D eigenvalue weighted by molar-refractivity contribution is 0.184. The molecule has 0 spiro atoms. The number of hydrogen-bond acceptors (Lipinski definition) is 3. The second-order valence-corrected chi connectivity index (χ2v) is 5.99. The molecule has 1 aromatic rings. The SMILES string of the molecule is CCCN1CCC(n2c(C3CC3)n[nH]c2=S)CC1. The summed E-state index contributed by atoms with van der Waals surface area (Å²) >= 11 is 5.41. The van der Waals surface area contributed by atoms with E-state index in [2.05, 4.69) is 26.6 Å². The van der Waals surface area contributed by atoms with Gasteiger partial charge in [0.05, 0.1) is 0 Å². The summed E-state index contributed by atoms with van der Waals surface area (Å²) in [6, 6.07) is 0.569. The number of rotatable bonds is 4. The number of aromatic amines is 1. The molecule has 3 rings (SSSR count). The average molecular weight is 266 g/mol. The molecular formula is C13H22N4S. The van der Waals surface area contributed by atoms with E-state index < -0.39 is 0 Å². The van der Waals surface area contributed by atoms with Gasteiger partial charge in [0.1, 0.15) is 5.82 Å². The minimum atomic E-state index is 0.569. The molecule has 18 heavy (non-hydrogen) atoms. The van der Waals surface area contributed by atoms with Crippen LogP contribution in [0.4, 0.5) is 0 Å². The molecule has 1 aromatic heterocycles. The third-order valence-electron chi connectivity index (χ3n) is 4.14. The first-order chi connectivity index (χ1) is 8.79. The van der Waals surface area contributed by atoms with Crippen molar-refractivity contribution in [2.45, 2.75) is 51.0 Å². The summed E-state index contributed by atoms with van der Waals surface area (Å²) in [7, 11) is 0. The predicted molar refractivity (Wildman–Crippen MR) is 74.4 cm³/mol. The Bertz CT molecular complexity index is 452. The average Bonchev–Trinajstić information content (AvgIpc) is 3.15. The normalized spacial score (nSPS) is 22.5. The predicted octanol–water partition coefficient (Wildman–Crippen LogP) is 2.86. The Morgan fingerprint density at radius 3 is 2.61 bits per heavy atom. The van der Waals surface area contributed by atoms with Gasteiger partial charge in [-0.2, -0.15) is 5.10 Å². The van der Waals surface area contributed by atoms with Gasteiger partial charge in [-0.05, 0) is 50.9 Å². The van der Waals surface area contributed by atoms with E-state index in [0.717, 1.165) is 4.77 Å². The Balaban J connectivity index is 1.72. The van der Waals surface area contributed by atoms with Crippen molar-refractivity contribution < 1.29 is 0 Å². The summed E-state index contributed by atoms with van der Waals surface area (Å²) in [5.41, 5.74) is 0. The molecule has 1 aliphatic carbocycles. The molecule has 0 aromatic carbocycles. The van der Waals surface area contributed by atoms with E-state index in [-0.39, 0.29) is 0 Å². The van der Waals surface area contributed by atoms with Crippen LogP contribution in [0.1, 0.15) is 56.8 Å². The van der Waals surface area contributed by atoms with Crippen molar-refractivity contribution in [1.29, 1.82) is 0 Å². The lowest BCUT2D eigenvalue weighted by Gasteiger charge is -2.32. The number of aromatic nitrogens is 3. The molecule has 1 aliphatic heterocycles. The quantitative estimate of drug-likeness (QED) is 0.851. The Hall–Kier alpha value is -0.680. The molecule has 5 heteroatoms. The first kappa shape index (κ1) is 12.4. The third-order valence-corrected chi connectivity index (χ3v) is 4.42. The maximum atomic E-state index is 5.41. The summed E-state index contributed by atoms with van der Waals surface area (Å²) in [5, 5.41) is 7.43. The standard InChI is InChI=1S/C13H22N4S/c1-2-7-16-8-5-11(6-9-16)17-12(10-3-4-10)14-15-13(17)18/h10-11H,2-9H2,1H3,(H,15,18). The van der Waals surface area contributed by atoms with Crippen molar-refractivity contribution in [2.24, 2.45) is 0 Å². The molecule has 0 radical (unpaired) electrons. The van der Waals surface area contributed by atoms with Crippen LogP contribution in [-0.2, 0) is 0 Å². The molecule has 0 atom stereocenters. The Morgan fingerprint density at radius 2 is 2.00 bits per heavy atom. The molecular weight excluding hydrogens is 244 g/mol. The molecule has 0 bridgehead atoms. The van der Waals surface area contributed by atoms with Crippen molar-refractivity contribution in [2.75, 3.05) is 19.6 Å². The van der Waals surface area contributed by atoms with Crippen LogP contribution in [0.5, 0.6) is 0 Å². The zero-order chi connectivity index (χ0) is 12.5. The number of hydrogen-bond donors (Lipinski definition) is 1. The number of piperidine rings is 1. The van der Waals surface area contributed by atoms with Crippen LogP contribution in [0.15, 0.2) is 0 Å². The van der Waals surface area contributed by atoms with Crippen molar-refractivity contribution >= 4 is 12.2 Å². The molecule has 2 fully saturated rings. The smallest absolute Gasteiger partial charge is 0.195 e. The Morgan fingerprint density at radius 1 is 1.28 bits per heavy atom. The zero-order valence-electron chi connectivity index (χ0n) is 11.1. The topological polar surface area (TPSA) is 36.9 Å². The highest BCUT2D eigenvalue weighted by atomic mass is 32.1. The Labute approximate surface area is 113 Å². The van der Waals surface area contributed by atoms with Crippen LogP contribution in [0.25, 0.3) is 0 Å². The fourth-order valence-electron chi connectivity index (χ4n) is 3.02. The van der Waals surface area contributed by atoms with Gasteiger partial charge in [-0.1, -0.05) is 6.92 Å². The van der Waals surface area contributed by atoms with Crippen LogP contribution in [-0.4, -0.2) is 39.3 Å². The molecule has 2 aliphatic rings. The summed E-state index contributed by atoms with van der Waals surface area (Å²) in [6.45, 7) is 5.90. The Kier molecular flexibility index (Phi) is 3.52. The van der Waals surface area contributed by atoms with Crippen molar-refractivity contribution in [3.8, 4) is 0 Å². The van der Waals surface area contributed by atoms with Gasteiger partial charge in [-0.25, -0.2) is 0 Å². The van der Waals surface area contributed by atoms with Gasteiger partial charge in [0.2, 0.25) is 0 Å².